The molecule has 1 saturated heterocycles. The van der Waals surface area contributed by atoms with Gasteiger partial charge in [0.2, 0.25) is 5.91 Å². The Hall–Kier alpha value is -0.620. The van der Waals surface area contributed by atoms with Crippen LogP contribution >= 0.6 is 0 Å². The van der Waals surface area contributed by atoms with E-state index in [9.17, 15) is 13.2 Å². The van der Waals surface area contributed by atoms with Crippen LogP contribution in [0.5, 0.6) is 0 Å². The lowest BCUT2D eigenvalue weighted by atomic mass is 10.4. The highest BCUT2D eigenvalue weighted by Gasteiger charge is 2.19. The number of hydrogen-bond donors (Lipinski definition) is 0. The molecule has 0 aliphatic carbocycles. The fraction of sp³-hybridized carbons (Fsp3) is 0.857. The molecule has 0 aromatic heterocycles. The average Bonchev–Trinajstić information content (AvgIpc) is 2.34. The van der Waals surface area contributed by atoms with Gasteiger partial charge in [0, 0.05) is 19.5 Å². The number of rotatable bonds is 4. The van der Waals surface area contributed by atoms with Crippen molar-refractivity contribution in [2.24, 2.45) is 0 Å². The highest BCUT2D eigenvalue weighted by atomic mass is 32.2. The summed E-state index contributed by atoms with van der Waals surface area (Å²) in [5, 5.41) is 0. The second-order valence-corrected chi connectivity index (χ2v) is 4.65. The molecule has 5 nitrogen and oxygen atoms in total. The van der Waals surface area contributed by atoms with Crippen LogP contribution in [0.2, 0.25) is 0 Å². The van der Waals surface area contributed by atoms with Crippen LogP contribution in [0.4, 0.5) is 0 Å². The molecule has 1 fully saturated rings. The minimum atomic E-state index is -3.37. The quantitative estimate of drug-likeness (QED) is 0.588. The SMILES string of the molecule is CS(=O)(=O)OCCN1CCCC1=O. The van der Waals surface area contributed by atoms with E-state index < -0.39 is 10.1 Å². The molecule has 1 aliphatic heterocycles. The Kier molecular flexibility index (Phi) is 3.27. The van der Waals surface area contributed by atoms with E-state index >= 15 is 0 Å². The van der Waals surface area contributed by atoms with Crippen molar-refractivity contribution in [2.75, 3.05) is 26.0 Å². The highest BCUT2D eigenvalue weighted by molar-refractivity contribution is 7.85. The monoisotopic (exact) mass is 207 g/mol. The molecule has 0 atom stereocenters. The Morgan fingerprint density at radius 3 is 2.69 bits per heavy atom. The van der Waals surface area contributed by atoms with Crippen LogP contribution < -0.4 is 0 Å². The minimum absolute atomic E-state index is 0.0601. The van der Waals surface area contributed by atoms with Crippen molar-refractivity contribution in [1.29, 1.82) is 0 Å². The van der Waals surface area contributed by atoms with Gasteiger partial charge in [-0.2, -0.15) is 8.42 Å². The van der Waals surface area contributed by atoms with Crippen LogP contribution in [0.3, 0.4) is 0 Å². The molecule has 0 N–H and O–H groups in total. The lowest BCUT2D eigenvalue weighted by Gasteiger charge is -2.14. The minimum Gasteiger partial charge on any atom is -0.340 e. The summed E-state index contributed by atoms with van der Waals surface area (Å²) in [5.74, 6) is 0.0806. The van der Waals surface area contributed by atoms with Gasteiger partial charge in [0.1, 0.15) is 0 Å². The van der Waals surface area contributed by atoms with Gasteiger partial charge in [-0.05, 0) is 6.42 Å². The molecule has 0 saturated carbocycles. The van der Waals surface area contributed by atoms with Crippen LogP contribution in [0, 0.1) is 0 Å². The predicted octanol–water partition coefficient (Wildman–Crippen LogP) is -0.415. The summed E-state index contributed by atoms with van der Waals surface area (Å²) in [4.78, 5) is 12.7. The smallest absolute Gasteiger partial charge is 0.264 e. The van der Waals surface area contributed by atoms with Gasteiger partial charge in [-0.3, -0.25) is 8.98 Å². The zero-order valence-electron chi connectivity index (χ0n) is 7.52. The molecule has 76 valence electrons. The first-order valence-electron chi connectivity index (χ1n) is 4.11. The third kappa shape index (κ3) is 3.73. The Morgan fingerprint density at radius 2 is 2.23 bits per heavy atom. The van der Waals surface area contributed by atoms with Crippen LogP contribution in [-0.4, -0.2) is 45.2 Å². The maximum atomic E-state index is 11.1. The molecular formula is C7H13NO4S. The second kappa shape index (κ2) is 4.06. The first kappa shape index (κ1) is 10.5. The first-order chi connectivity index (χ1) is 5.99. The molecule has 0 aromatic carbocycles. The van der Waals surface area contributed by atoms with E-state index in [1.54, 1.807) is 4.90 Å². The van der Waals surface area contributed by atoms with Gasteiger partial charge in [0.05, 0.1) is 12.9 Å². The molecular weight excluding hydrogens is 194 g/mol. The largest absolute Gasteiger partial charge is 0.340 e. The van der Waals surface area contributed by atoms with Crippen LogP contribution in [0.1, 0.15) is 12.8 Å². The fourth-order valence-corrected chi connectivity index (χ4v) is 1.62. The number of amides is 1. The van der Waals surface area contributed by atoms with Gasteiger partial charge < -0.3 is 4.90 Å². The Morgan fingerprint density at radius 1 is 1.54 bits per heavy atom. The second-order valence-electron chi connectivity index (χ2n) is 3.01. The molecule has 0 aromatic rings. The number of carbonyl (C=O) groups is 1. The van der Waals surface area contributed by atoms with E-state index in [4.69, 9.17) is 0 Å². The lowest BCUT2D eigenvalue weighted by Crippen LogP contribution is -2.29. The van der Waals surface area contributed by atoms with Crippen LogP contribution in [-0.2, 0) is 19.1 Å². The van der Waals surface area contributed by atoms with E-state index in [1.807, 2.05) is 0 Å². The van der Waals surface area contributed by atoms with E-state index in [0.717, 1.165) is 12.7 Å². The first-order valence-corrected chi connectivity index (χ1v) is 5.93. The average molecular weight is 207 g/mol. The summed E-state index contributed by atoms with van der Waals surface area (Å²) < 4.78 is 25.6. The summed E-state index contributed by atoms with van der Waals surface area (Å²) in [5.41, 5.74) is 0. The van der Waals surface area contributed by atoms with Crippen LogP contribution in [0.25, 0.3) is 0 Å². The normalized spacial score (nSPS) is 18.2. The van der Waals surface area contributed by atoms with Crippen molar-refractivity contribution in [2.45, 2.75) is 12.8 Å². The van der Waals surface area contributed by atoms with Gasteiger partial charge in [-0.1, -0.05) is 0 Å². The summed E-state index contributed by atoms with van der Waals surface area (Å²) in [7, 11) is -3.37. The lowest BCUT2D eigenvalue weighted by molar-refractivity contribution is -0.128. The maximum Gasteiger partial charge on any atom is 0.264 e. The van der Waals surface area contributed by atoms with Crippen molar-refractivity contribution in [1.82, 2.24) is 4.90 Å². The summed E-state index contributed by atoms with van der Waals surface area (Å²) >= 11 is 0. The van der Waals surface area contributed by atoms with E-state index in [-0.39, 0.29) is 12.5 Å². The number of likely N-dealkylation sites (tertiary alicyclic amines) is 1. The van der Waals surface area contributed by atoms with Gasteiger partial charge in [0.25, 0.3) is 10.1 Å². The zero-order chi connectivity index (χ0) is 9.90. The number of hydrogen-bond acceptors (Lipinski definition) is 4. The molecule has 0 radical (unpaired) electrons. The number of nitrogens with zero attached hydrogens (tertiary/aromatic N) is 1. The molecule has 1 rings (SSSR count). The molecule has 6 heteroatoms. The molecule has 13 heavy (non-hydrogen) atoms. The Labute approximate surface area is 77.8 Å². The highest BCUT2D eigenvalue weighted by Crippen LogP contribution is 2.08. The zero-order valence-corrected chi connectivity index (χ0v) is 8.34. The summed E-state index contributed by atoms with van der Waals surface area (Å²) in [6, 6.07) is 0. The van der Waals surface area contributed by atoms with Crippen molar-refractivity contribution in [3.63, 3.8) is 0 Å². The number of carbonyl (C=O) groups excluding carboxylic acids is 1. The molecule has 1 heterocycles. The van der Waals surface area contributed by atoms with E-state index in [1.165, 1.54) is 0 Å². The van der Waals surface area contributed by atoms with Gasteiger partial charge in [-0.25, -0.2) is 0 Å². The molecule has 0 bridgehead atoms. The molecule has 0 unspecified atom stereocenters. The summed E-state index contributed by atoms with van der Waals surface area (Å²) in [6.45, 7) is 1.14. The van der Waals surface area contributed by atoms with Crippen LogP contribution in [0.15, 0.2) is 0 Å². The van der Waals surface area contributed by atoms with Gasteiger partial charge in [-0.15, -0.1) is 0 Å². The molecule has 1 aliphatic rings. The Balaban J connectivity index is 2.23. The van der Waals surface area contributed by atoms with Crippen molar-refractivity contribution in [3.8, 4) is 0 Å². The maximum absolute atomic E-state index is 11.1. The third-order valence-electron chi connectivity index (χ3n) is 1.83. The summed E-state index contributed by atoms with van der Waals surface area (Å²) in [6.07, 6.45) is 2.43. The standard InChI is InChI=1S/C7H13NO4S/c1-13(10,11)12-6-5-8-4-2-3-7(8)9/h2-6H2,1H3. The topological polar surface area (TPSA) is 63.7 Å². The van der Waals surface area contributed by atoms with Crippen molar-refractivity contribution < 1.29 is 17.4 Å². The van der Waals surface area contributed by atoms with E-state index in [0.29, 0.717) is 19.5 Å². The van der Waals surface area contributed by atoms with Crippen molar-refractivity contribution >= 4 is 16.0 Å². The third-order valence-corrected chi connectivity index (χ3v) is 2.42. The predicted molar refractivity (Wildman–Crippen MR) is 46.6 cm³/mol. The van der Waals surface area contributed by atoms with Gasteiger partial charge in [0.15, 0.2) is 0 Å². The Bertz CT molecular complexity index is 285. The van der Waals surface area contributed by atoms with Gasteiger partial charge >= 0.3 is 0 Å². The molecule has 0 spiro atoms. The van der Waals surface area contributed by atoms with E-state index in [2.05, 4.69) is 4.18 Å². The molecule has 1 amide bonds. The fourth-order valence-electron chi connectivity index (χ4n) is 1.24. The van der Waals surface area contributed by atoms with Crippen molar-refractivity contribution in [3.05, 3.63) is 0 Å².